The molecule has 20 heavy (non-hydrogen) atoms. The number of halogens is 2. The average molecular weight is 294 g/mol. The van der Waals surface area contributed by atoms with E-state index in [0.717, 1.165) is 11.3 Å². The van der Waals surface area contributed by atoms with E-state index in [4.69, 9.17) is 16.3 Å². The van der Waals surface area contributed by atoms with Gasteiger partial charge in [0.25, 0.3) is 0 Å². The lowest BCUT2D eigenvalue weighted by Crippen LogP contribution is -2.23. The molecule has 0 amide bonds. The van der Waals surface area contributed by atoms with Gasteiger partial charge in [-0.3, -0.25) is 0 Å². The summed E-state index contributed by atoms with van der Waals surface area (Å²) in [6.07, 6.45) is 0. The molecule has 0 saturated heterocycles. The maximum Gasteiger partial charge on any atom is 0.128 e. The van der Waals surface area contributed by atoms with E-state index in [1.54, 1.807) is 19.2 Å². The van der Waals surface area contributed by atoms with Crippen LogP contribution in [0.25, 0.3) is 0 Å². The summed E-state index contributed by atoms with van der Waals surface area (Å²) in [6, 6.07) is 11.9. The Bertz CT molecular complexity index is 588. The quantitative estimate of drug-likeness (QED) is 0.892. The molecular formula is C16H17ClFNO. The summed E-state index contributed by atoms with van der Waals surface area (Å²) >= 11 is 6.00. The summed E-state index contributed by atoms with van der Waals surface area (Å²) in [5.74, 6) is 0.434. The first-order valence-corrected chi connectivity index (χ1v) is 6.86. The first kappa shape index (κ1) is 14.8. The molecule has 106 valence electrons. The Hall–Kier alpha value is -1.58. The first-order valence-electron chi connectivity index (χ1n) is 6.48. The van der Waals surface area contributed by atoms with Gasteiger partial charge >= 0.3 is 0 Å². The second kappa shape index (κ2) is 6.73. The Labute approximate surface area is 123 Å². The minimum absolute atomic E-state index is 0.286. The fraction of sp³-hybridized carbons (Fsp3) is 0.250. The minimum atomic E-state index is -0.296. The molecule has 0 heterocycles. The number of hydrogen-bond acceptors (Lipinski definition) is 2. The summed E-state index contributed by atoms with van der Waals surface area (Å²) in [7, 11) is 1.61. The van der Waals surface area contributed by atoms with Crippen LogP contribution < -0.4 is 10.1 Å². The van der Waals surface area contributed by atoms with Crippen molar-refractivity contribution in [2.24, 2.45) is 0 Å². The molecular weight excluding hydrogens is 277 g/mol. The summed E-state index contributed by atoms with van der Waals surface area (Å²) in [5, 5.41) is 3.79. The molecule has 0 radical (unpaired) electrons. The number of methoxy groups -OCH3 is 1. The molecule has 2 aromatic rings. The number of ether oxygens (including phenoxy) is 1. The normalized spacial score (nSPS) is 12.2. The molecule has 2 nitrogen and oxygen atoms in total. The third-order valence-electron chi connectivity index (χ3n) is 3.13. The molecule has 2 aromatic carbocycles. The lowest BCUT2D eigenvalue weighted by molar-refractivity contribution is 0.403. The average Bonchev–Trinajstić information content (AvgIpc) is 2.47. The number of hydrogen-bond donors (Lipinski definition) is 1. The van der Waals surface area contributed by atoms with Crippen LogP contribution in [0.15, 0.2) is 42.5 Å². The number of para-hydroxylation sites is 1. The largest absolute Gasteiger partial charge is 0.496 e. The third-order valence-corrected chi connectivity index (χ3v) is 3.36. The van der Waals surface area contributed by atoms with E-state index < -0.39 is 0 Å². The van der Waals surface area contributed by atoms with Gasteiger partial charge in [-0.15, -0.1) is 0 Å². The fourth-order valence-corrected chi connectivity index (χ4v) is 2.41. The van der Waals surface area contributed by atoms with Crippen LogP contribution in [0.5, 0.6) is 5.75 Å². The van der Waals surface area contributed by atoms with E-state index in [0.29, 0.717) is 17.1 Å². The molecule has 0 aliphatic carbocycles. The van der Waals surface area contributed by atoms with Crippen LogP contribution in [0.4, 0.5) is 4.39 Å². The molecule has 1 unspecified atom stereocenters. The van der Waals surface area contributed by atoms with Crippen LogP contribution in [0.1, 0.15) is 24.1 Å². The zero-order valence-corrected chi connectivity index (χ0v) is 12.2. The first-order chi connectivity index (χ1) is 9.67. The second-order valence-corrected chi connectivity index (χ2v) is 4.83. The standard InChI is InChI=1S/C16H17ClFNO/c1-3-19-16(12-6-4-5-7-15(12)20-2)13-10-11(17)8-9-14(13)18/h4-10,16,19H,3H2,1-2H3. The maximum absolute atomic E-state index is 14.1. The van der Waals surface area contributed by atoms with E-state index in [1.165, 1.54) is 6.07 Å². The van der Waals surface area contributed by atoms with E-state index in [1.807, 2.05) is 31.2 Å². The van der Waals surface area contributed by atoms with Crippen LogP contribution >= 0.6 is 11.6 Å². The maximum atomic E-state index is 14.1. The van der Waals surface area contributed by atoms with Crippen molar-refractivity contribution in [3.05, 3.63) is 64.4 Å². The van der Waals surface area contributed by atoms with Gasteiger partial charge in [0.2, 0.25) is 0 Å². The lowest BCUT2D eigenvalue weighted by Gasteiger charge is -2.22. The topological polar surface area (TPSA) is 21.3 Å². The third kappa shape index (κ3) is 3.11. The van der Waals surface area contributed by atoms with E-state index in [2.05, 4.69) is 5.32 Å². The summed E-state index contributed by atoms with van der Waals surface area (Å²) < 4.78 is 19.5. The highest BCUT2D eigenvalue weighted by Gasteiger charge is 2.20. The molecule has 0 aliphatic rings. The summed E-state index contributed by atoms with van der Waals surface area (Å²) in [6.45, 7) is 2.68. The molecule has 0 spiro atoms. The van der Waals surface area contributed by atoms with Crippen molar-refractivity contribution >= 4 is 11.6 Å². The van der Waals surface area contributed by atoms with Crippen molar-refractivity contribution in [3.8, 4) is 5.75 Å². The van der Waals surface area contributed by atoms with Crippen LogP contribution in [-0.4, -0.2) is 13.7 Å². The van der Waals surface area contributed by atoms with Crippen molar-refractivity contribution < 1.29 is 9.13 Å². The fourth-order valence-electron chi connectivity index (χ4n) is 2.23. The molecule has 2 rings (SSSR count). The van der Waals surface area contributed by atoms with Gasteiger partial charge in [-0.1, -0.05) is 36.7 Å². The second-order valence-electron chi connectivity index (χ2n) is 4.40. The zero-order valence-electron chi connectivity index (χ0n) is 11.5. The van der Waals surface area contributed by atoms with Crippen LogP contribution in [0.3, 0.4) is 0 Å². The van der Waals surface area contributed by atoms with Gasteiger partial charge in [-0.25, -0.2) is 4.39 Å². The molecule has 0 saturated carbocycles. The van der Waals surface area contributed by atoms with Crippen LogP contribution in [0, 0.1) is 5.82 Å². The van der Waals surface area contributed by atoms with E-state index in [9.17, 15) is 4.39 Å². The van der Waals surface area contributed by atoms with Crippen molar-refractivity contribution in [3.63, 3.8) is 0 Å². The monoisotopic (exact) mass is 293 g/mol. The number of benzene rings is 2. The van der Waals surface area contributed by atoms with Gasteiger partial charge in [-0.05, 0) is 30.8 Å². The predicted molar refractivity (Wildman–Crippen MR) is 79.9 cm³/mol. The SMILES string of the molecule is CCNC(c1cc(Cl)ccc1F)c1ccccc1OC. The van der Waals surface area contributed by atoms with Crippen molar-refractivity contribution in [2.45, 2.75) is 13.0 Å². The van der Waals surface area contributed by atoms with E-state index >= 15 is 0 Å². The van der Waals surface area contributed by atoms with Crippen molar-refractivity contribution in [2.75, 3.05) is 13.7 Å². The number of nitrogens with one attached hydrogen (secondary N) is 1. The highest BCUT2D eigenvalue weighted by atomic mass is 35.5. The van der Waals surface area contributed by atoms with Crippen LogP contribution in [0.2, 0.25) is 5.02 Å². The van der Waals surface area contributed by atoms with Gasteiger partial charge in [0.05, 0.1) is 13.2 Å². The molecule has 0 aliphatic heterocycles. The summed E-state index contributed by atoms with van der Waals surface area (Å²) in [5.41, 5.74) is 1.40. The molecule has 1 atom stereocenters. The van der Waals surface area contributed by atoms with E-state index in [-0.39, 0.29) is 11.9 Å². The smallest absolute Gasteiger partial charge is 0.128 e. The highest BCUT2D eigenvalue weighted by Crippen LogP contribution is 2.32. The predicted octanol–water partition coefficient (Wildman–Crippen LogP) is 4.19. The van der Waals surface area contributed by atoms with Gasteiger partial charge in [0.1, 0.15) is 11.6 Å². The van der Waals surface area contributed by atoms with Gasteiger partial charge in [0, 0.05) is 16.1 Å². The molecule has 0 bridgehead atoms. The van der Waals surface area contributed by atoms with Gasteiger partial charge in [-0.2, -0.15) is 0 Å². The Morgan fingerprint density at radius 1 is 1.20 bits per heavy atom. The number of rotatable bonds is 5. The molecule has 1 N–H and O–H groups in total. The van der Waals surface area contributed by atoms with Gasteiger partial charge < -0.3 is 10.1 Å². The van der Waals surface area contributed by atoms with Crippen molar-refractivity contribution in [1.82, 2.24) is 5.32 Å². The molecule has 0 aromatic heterocycles. The Kier molecular flexibility index (Phi) is 4.99. The zero-order chi connectivity index (χ0) is 14.5. The van der Waals surface area contributed by atoms with Crippen molar-refractivity contribution in [1.29, 1.82) is 0 Å². The Morgan fingerprint density at radius 2 is 1.95 bits per heavy atom. The Morgan fingerprint density at radius 3 is 2.65 bits per heavy atom. The lowest BCUT2D eigenvalue weighted by atomic mass is 9.97. The molecule has 4 heteroatoms. The highest BCUT2D eigenvalue weighted by molar-refractivity contribution is 6.30. The van der Waals surface area contributed by atoms with Crippen LogP contribution in [-0.2, 0) is 0 Å². The Balaban J connectivity index is 2.53. The van der Waals surface area contributed by atoms with Gasteiger partial charge in [0.15, 0.2) is 0 Å². The minimum Gasteiger partial charge on any atom is -0.496 e. The summed E-state index contributed by atoms with van der Waals surface area (Å²) in [4.78, 5) is 0. The molecule has 0 fully saturated rings.